The molecule has 1 fully saturated rings. The molecule has 17 heavy (non-hydrogen) atoms. The lowest BCUT2D eigenvalue weighted by atomic mass is 10.2. The highest BCUT2D eigenvalue weighted by atomic mass is 16.4. The Labute approximate surface area is 98.8 Å². The Morgan fingerprint density at radius 3 is 3.24 bits per heavy atom. The molecule has 5 nitrogen and oxygen atoms in total. The third-order valence-corrected chi connectivity index (χ3v) is 3.23. The van der Waals surface area contributed by atoms with Crippen LogP contribution in [0.5, 0.6) is 0 Å². The van der Waals surface area contributed by atoms with E-state index in [0.29, 0.717) is 11.7 Å². The summed E-state index contributed by atoms with van der Waals surface area (Å²) in [6, 6.07) is 6.13. The molecule has 0 amide bonds. The van der Waals surface area contributed by atoms with Crippen LogP contribution < -0.4 is 10.6 Å². The smallest absolute Gasteiger partial charge is 0.298 e. The van der Waals surface area contributed by atoms with Gasteiger partial charge in [-0.15, -0.1) is 0 Å². The third-order valence-electron chi connectivity index (χ3n) is 3.23. The SMILES string of the molecule is Nc1ccc2oc(N3CCCC3CO)nc2c1. The number of rotatable bonds is 2. The number of fused-ring (bicyclic) bond motifs is 1. The van der Waals surface area contributed by atoms with Gasteiger partial charge in [0.1, 0.15) is 5.52 Å². The molecule has 3 N–H and O–H groups in total. The standard InChI is InChI=1S/C12H15N3O2/c13-8-3-4-11-10(6-8)14-12(17-11)15-5-1-2-9(15)7-16/h3-4,6,9,16H,1-2,5,7,13H2. The van der Waals surface area contributed by atoms with Crippen molar-refractivity contribution in [3.05, 3.63) is 18.2 Å². The van der Waals surface area contributed by atoms with Gasteiger partial charge in [-0.1, -0.05) is 0 Å². The van der Waals surface area contributed by atoms with E-state index in [1.54, 1.807) is 12.1 Å². The zero-order valence-electron chi connectivity index (χ0n) is 9.47. The molecule has 5 heteroatoms. The van der Waals surface area contributed by atoms with E-state index in [4.69, 9.17) is 10.2 Å². The van der Waals surface area contributed by atoms with Gasteiger partial charge in [0.2, 0.25) is 0 Å². The van der Waals surface area contributed by atoms with E-state index < -0.39 is 0 Å². The third kappa shape index (κ3) is 1.72. The van der Waals surface area contributed by atoms with Gasteiger partial charge in [0.05, 0.1) is 12.6 Å². The number of hydrogen-bond acceptors (Lipinski definition) is 5. The molecule has 1 aliphatic rings. The van der Waals surface area contributed by atoms with Crippen LogP contribution in [0.3, 0.4) is 0 Å². The molecule has 90 valence electrons. The molecule has 1 aromatic carbocycles. The molecule has 1 aromatic heterocycles. The Hall–Kier alpha value is -1.75. The minimum absolute atomic E-state index is 0.125. The molecule has 1 atom stereocenters. The van der Waals surface area contributed by atoms with Crippen molar-refractivity contribution in [2.75, 3.05) is 23.8 Å². The Morgan fingerprint density at radius 1 is 1.53 bits per heavy atom. The predicted octanol–water partition coefficient (Wildman–Crippen LogP) is 1.37. The number of nitrogen functional groups attached to an aromatic ring is 1. The van der Waals surface area contributed by atoms with Crippen LogP contribution in [0.15, 0.2) is 22.6 Å². The topological polar surface area (TPSA) is 75.5 Å². The first-order valence-corrected chi connectivity index (χ1v) is 5.81. The summed E-state index contributed by atoms with van der Waals surface area (Å²) < 4.78 is 5.69. The second-order valence-corrected chi connectivity index (χ2v) is 4.40. The number of nitrogens with zero attached hydrogens (tertiary/aromatic N) is 2. The van der Waals surface area contributed by atoms with E-state index in [1.807, 2.05) is 11.0 Å². The van der Waals surface area contributed by atoms with E-state index in [1.165, 1.54) is 0 Å². The molecule has 1 saturated heterocycles. The van der Waals surface area contributed by atoms with Crippen molar-refractivity contribution in [3.8, 4) is 0 Å². The first-order valence-electron chi connectivity index (χ1n) is 5.81. The Kier molecular flexibility index (Phi) is 2.40. The van der Waals surface area contributed by atoms with Crippen LogP contribution in [0.2, 0.25) is 0 Å². The van der Waals surface area contributed by atoms with Gasteiger partial charge in [0.25, 0.3) is 6.01 Å². The number of aliphatic hydroxyl groups is 1. The summed E-state index contributed by atoms with van der Waals surface area (Å²) in [6.45, 7) is 1.02. The molecule has 1 unspecified atom stereocenters. The van der Waals surface area contributed by atoms with Crippen LogP contribution in [0.4, 0.5) is 11.7 Å². The average Bonchev–Trinajstić information content (AvgIpc) is 2.93. The molecule has 0 bridgehead atoms. The van der Waals surface area contributed by atoms with Gasteiger partial charge in [0, 0.05) is 12.2 Å². The lowest BCUT2D eigenvalue weighted by molar-refractivity contribution is 0.263. The lowest BCUT2D eigenvalue weighted by Crippen LogP contribution is -2.32. The average molecular weight is 233 g/mol. The van der Waals surface area contributed by atoms with Crippen LogP contribution >= 0.6 is 0 Å². The molecule has 3 rings (SSSR count). The Morgan fingerprint density at radius 2 is 2.41 bits per heavy atom. The number of hydrogen-bond donors (Lipinski definition) is 2. The number of oxazole rings is 1. The highest BCUT2D eigenvalue weighted by molar-refractivity contribution is 5.78. The zero-order valence-corrected chi connectivity index (χ0v) is 9.47. The van der Waals surface area contributed by atoms with Gasteiger partial charge >= 0.3 is 0 Å². The molecule has 2 aromatic rings. The molecule has 1 aliphatic heterocycles. The van der Waals surface area contributed by atoms with Gasteiger partial charge in [-0.05, 0) is 31.0 Å². The summed E-state index contributed by atoms with van der Waals surface area (Å²) in [5.41, 5.74) is 7.88. The maximum atomic E-state index is 9.29. The van der Waals surface area contributed by atoms with Crippen LogP contribution in [0.1, 0.15) is 12.8 Å². The van der Waals surface area contributed by atoms with Crippen molar-refractivity contribution in [2.24, 2.45) is 0 Å². The molecular formula is C12H15N3O2. The van der Waals surface area contributed by atoms with Gasteiger partial charge in [0.15, 0.2) is 5.58 Å². The van der Waals surface area contributed by atoms with Gasteiger partial charge in [-0.3, -0.25) is 0 Å². The quantitative estimate of drug-likeness (QED) is 0.766. The fourth-order valence-corrected chi connectivity index (χ4v) is 2.33. The highest BCUT2D eigenvalue weighted by Gasteiger charge is 2.27. The van der Waals surface area contributed by atoms with Crippen LogP contribution in [-0.2, 0) is 0 Å². The van der Waals surface area contributed by atoms with Crippen LogP contribution in [-0.4, -0.2) is 29.3 Å². The molecule has 0 spiro atoms. The Balaban J connectivity index is 2.00. The van der Waals surface area contributed by atoms with E-state index in [9.17, 15) is 5.11 Å². The van der Waals surface area contributed by atoms with E-state index in [0.717, 1.165) is 30.5 Å². The number of aliphatic hydroxyl groups excluding tert-OH is 1. The van der Waals surface area contributed by atoms with Crippen molar-refractivity contribution >= 4 is 22.8 Å². The summed E-state index contributed by atoms with van der Waals surface area (Å²) in [5, 5.41) is 9.29. The zero-order chi connectivity index (χ0) is 11.8. The number of benzene rings is 1. The summed E-state index contributed by atoms with van der Waals surface area (Å²) in [7, 11) is 0. The van der Waals surface area contributed by atoms with E-state index in [-0.39, 0.29) is 12.6 Å². The first kappa shape index (κ1) is 10.4. The van der Waals surface area contributed by atoms with Crippen molar-refractivity contribution in [1.82, 2.24) is 4.98 Å². The molecular weight excluding hydrogens is 218 g/mol. The van der Waals surface area contributed by atoms with Crippen LogP contribution in [0, 0.1) is 0 Å². The Bertz CT molecular complexity index is 538. The van der Waals surface area contributed by atoms with Gasteiger partial charge in [-0.25, -0.2) is 0 Å². The molecule has 0 saturated carbocycles. The van der Waals surface area contributed by atoms with Gasteiger partial charge in [-0.2, -0.15) is 4.98 Å². The molecule has 0 aliphatic carbocycles. The minimum Gasteiger partial charge on any atom is -0.423 e. The summed E-state index contributed by atoms with van der Waals surface area (Å²) >= 11 is 0. The normalized spacial score (nSPS) is 20.3. The fraction of sp³-hybridized carbons (Fsp3) is 0.417. The fourth-order valence-electron chi connectivity index (χ4n) is 2.33. The second kappa shape index (κ2) is 3.92. The van der Waals surface area contributed by atoms with E-state index in [2.05, 4.69) is 4.98 Å². The maximum Gasteiger partial charge on any atom is 0.298 e. The summed E-state index contributed by atoms with van der Waals surface area (Å²) in [4.78, 5) is 6.45. The van der Waals surface area contributed by atoms with Crippen LogP contribution in [0.25, 0.3) is 11.1 Å². The number of nitrogens with two attached hydrogens (primary N) is 1. The minimum atomic E-state index is 0.125. The predicted molar refractivity (Wildman–Crippen MR) is 65.9 cm³/mol. The monoisotopic (exact) mass is 233 g/mol. The van der Waals surface area contributed by atoms with Crippen molar-refractivity contribution in [2.45, 2.75) is 18.9 Å². The highest BCUT2D eigenvalue weighted by Crippen LogP contribution is 2.28. The van der Waals surface area contributed by atoms with Crippen molar-refractivity contribution in [1.29, 1.82) is 0 Å². The molecule has 0 radical (unpaired) electrons. The van der Waals surface area contributed by atoms with Crippen molar-refractivity contribution < 1.29 is 9.52 Å². The van der Waals surface area contributed by atoms with E-state index >= 15 is 0 Å². The maximum absolute atomic E-state index is 9.29. The molecule has 2 heterocycles. The number of anilines is 2. The largest absolute Gasteiger partial charge is 0.423 e. The summed E-state index contributed by atoms with van der Waals surface area (Å²) in [6.07, 6.45) is 2.05. The second-order valence-electron chi connectivity index (χ2n) is 4.40. The summed E-state index contributed by atoms with van der Waals surface area (Å²) in [5.74, 6) is 0. The first-order chi connectivity index (χ1) is 8.28. The van der Waals surface area contributed by atoms with Crippen molar-refractivity contribution in [3.63, 3.8) is 0 Å². The number of aromatic nitrogens is 1. The van der Waals surface area contributed by atoms with Gasteiger partial charge < -0.3 is 20.2 Å². The lowest BCUT2D eigenvalue weighted by Gasteiger charge is -2.20.